The van der Waals surface area contributed by atoms with E-state index in [-0.39, 0.29) is 54.7 Å². The second kappa shape index (κ2) is 72.7. The second-order valence-electron chi connectivity index (χ2n) is 18.7. The fourth-order valence-corrected chi connectivity index (χ4v) is 7.92. The first kappa shape index (κ1) is 81.3. The number of hydrogen-bond acceptors (Lipinski definition) is 7. The Morgan fingerprint density at radius 3 is 0.471 bits per heavy atom. The minimum absolute atomic E-state index is 0. The smallest absolute Gasteiger partial charge is 0.550 e. The molecule has 0 amide bonds. The molecule has 0 aromatic heterocycles. The molecule has 7 N–H and O–H groups in total. The molecule has 0 rings (SSSR count). The first-order valence-corrected chi connectivity index (χ1v) is 29.3. The molecule has 0 saturated carbocycles. The molecule has 0 aliphatic carbocycles. The van der Waals surface area contributed by atoms with Crippen LogP contribution in [0.15, 0.2) is 0 Å². The topological polar surface area (TPSA) is 261 Å². The number of rotatable bonds is 48. The van der Waals surface area contributed by atoms with E-state index in [9.17, 15) is 29.7 Å². The van der Waals surface area contributed by atoms with Crippen molar-refractivity contribution in [3.63, 3.8) is 0 Å². The molecular formula is C54H113MgO12P. The molecule has 12 nitrogen and oxygen atoms in total. The van der Waals surface area contributed by atoms with Gasteiger partial charge in [0, 0.05) is 17.9 Å². The quantitative estimate of drug-likeness (QED) is 0.0295. The Hall–Kier alpha value is -0.794. The van der Waals surface area contributed by atoms with E-state index in [1.807, 2.05) is 0 Å². The van der Waals surface area contributed by atoms with Gasteiger partial charge < -0.3 is 55.3 Å². The summed E-state index contributed by atoms with van der Waals surface area (Å²) in [6.07, 6.45) is 59.6. The van der Waals surface area contributed by atoms with Gasteiger partial charge in [-0.15, -0.1) is 0 Å². The summed E-state index contributed by atoms with van der Waals surface area (Å²) < 4.78 is 8.88. The summed E-state index contributed by atoms with van der Waals surface area (Å²) in [5, 5.41) is 30.7. The molecule has 0 spiro atoms. The summed E-state index contributed by atoms with van der Waals surface area (Å²) in [5.74, 6) is -2.71. The van der Waals surface area contributed by atoms with Crippen LogP contribution in [0.4, 0.5) is 0 Å². The number of unbranched alkanes of at least 4 members (excludes halogenated alkanes) is 42. The molecule has 0 unspecified atom stereocenters. The van der Waals surface area contributed by atoms with Crippen molar-refractivity contribution in [2.24, 2.45) is 0 Å². The number of hydrogen-bond donors (Lipinski definition) is 3. The van der Waals surface area contributed by atoms with Crippen molar-refractivity contribution in [1.29, 1.82) is 0 Å². The van der Waals surface area contributed by atoms with Gasteiger partial charge in [0.1, 0.15) is 0 Å². The van der Waals surface area contributed by atoms with E-state index >= 15 is 0 Å². The second-order valence-corrected chi connectivity index (χ2v) is 19.8. The molecule has 0 aromatic rings. The molecule has 0 fully saturated rings. The number of carboxylic acid groups (broad SMARTS) is 3. The van der Waals surface area contributed by atoms with Gasteiger partial charge in [-0.1, -0.05) is 290 Å². The largest absolute Gasteiger partial charge is 2.00 e. The van der Waals surface area contributed by atoms with Crippen molar-refractivity contribution < 1.29 is 61.3 Å². The van der Waals surface area contributed by atoms with E-state index in [0.29, 0.717) is 0 Å². The van der Waals surface area contributed by atoms with Crippen molar-refractivity contribution >= 4 is 48.8 Å². The Balaban J connectivity index is -0.000000125. The van der Waals surface area contributed by atoms with Gasteiger partial charge >= 0.3 is 32.3 Å². The summed E-state index contributed by atoms with van der Waals surface area (Å²) in [4.78, 5) is 52.2. The minimum atomic E-state index is -4.64. The minimum Gasteiger partial charge on any atom is -0.550 e. The molecule has 408 valence electrons. The monoisotopic (exact) mass is 1010 g/mol. The third-order valence-electron chi connectivity index (χ3n) is 12.0. The summed E-state index contributed by atoms with van der Waals surface area (Å²) in [6.45, 7) is 6.80. The zero-order valence-electron chi connectivity index (χ0n) is 45.8. The van der Waals surface area contributed by atoms with Gasteiger partial charge in [0.05, 0.1) is 0 Å². The molecule has 68 heavy (non-hydrogen) atoms. The first-order chi connectivity index (χ1) is 31.3. The Kier molecular flexibility index (Phi) is 86.9. The van der Waals surface area contributed by atoms with E-state index < -0.39 is 25.7 Å². The van der Waals surface area contributed by atoms with E-state index in [0.717, 1.165) is 38.5 Å². The summed E-state index contributed by atoms with van der Waals surface area (Å²) in [7, 11) is -4.64. The number of aliphatic carboxylic acids is 3. The molecule has 0 atom stereocenters. The fraction of sp³-hybridized carbons (Fsp3) is 0.944. The van der Waals surface area contributed by atoms with Crippen molar-refractivity contribution in [1.82, 2.24) is 0 Å². The SMILES string of the molecule is CCCCCCCCCCCCCCCCCC(=O)[O-].CCCCCCCCCCCCCCCCCC(=O)[O-].CCCCCCCCCCCCCCCCCC(=O)[O-].O.O.O=P(O)(O)O.[H+].[Mg+2]. The number of carbonyl (C=O) groups is 3. The molecule has 0 saturated heterocycles. The van der Waals surface area contributed by atoms with Crippen LogP contribution in [-0.4, -0.2) is 66.6 Å². The van der Waals surface area contributed by atoms with Crippen molar-refractivity contribution in [3.05, 3.63) is 0 Å². The van der Waals surface area contributed by atoms with Gasteiger partial charge in [0.15, 0.2) is 0 Å². The zero-order chi connectivity index (χ0) is 49.2. The van der Waals surface area contributed by atoms with Gasteiger partial charge in [0.2, 0.25) is 0 Å². The van der Waals surface area contributed by atoms with Gasteiger partial charge in [-0.05, 0) is 38.5 Å². The van der Waals surface area contributed by atoms with Crippen molar-refractivity contribution in [2.45, 2.75) is 329 Å². The van der Waals surface area contributed by atoms with Crippen LogP contribution in [0.1, 0.15) is 330 Å². The average Bonchev–Trinajstić information content (AvgIpc) is 3.24. The molecular weight excluding hydrogens is 896 g/mol. The van der Waals surface area contributed by atoms with Crippen LogP contribution in [0.3, 0.4) is 0 Å². The summed E-state index contributed by atoms with van der Waals surface area (Å²) >= 11 is 0. The van der Waals surface area contributed by atoms with Gasteiger partial charge in [-0.3, -0.25) is 0 Å². The average molecular weight is 1010 g/mol. The van der Waals surface area contributed by atoms with E-state index in [1.165, 1.54) is 250 Å². The van der Waals surface area contributed by atoms with Crippen LogP contribution in [-0.2, 0) is 18.9 Å². The predicted molar refractivity (Wildman–Crippen MR) is 282 cm³/mol. The van der Waals surface area contributed by atoms with E-state index in [4.69, 9.17) is 19.2 Å². The first-order valence-electron chi connectivity index (χ1n) is 27.7. The van der Waals surface area contributed by atoms with Crippen LogP contribution in [0.5, 0.6) is 0 Å². The Morgan fingerprint density at radius 1 is 0.294 bits per heavy atom. The van der Waals surface area contributed by atoms with Crippen molar-refractivity contribution in [2.75, 3.05) is 0 Å². The van der Waals surface area contributed by atoms with Gasteiger partial charge in [-0.2, -0.15) is 0 Å². The maximum Gasteiger partial charge on any atom is 2.00 e. The zero-order valence-corrected chi connectivity index (χ0v) is 47.1. The van der Waals surface area contributed by atoms with E-state index in [2.05, 4.69) is 20.8 Å². The standard InChI is InChI=1S/3C18H36O2.Mg.H3O4P.2H2O/c3*1-2-3-4-5-6-7-8-9-10-11-12-13-14-15-16-17-18(19)20;;1-5(2,3)4;;/h3*2-17H2,1H3,(H,19,20);;(H3,1,2,3,4);2*1H2/q;;;+2;;;/p-2. The fourth-order valence-electron chi connectivity index (χ4n) is 7.92. The van der Waals surface area contributed by atoms with Crippen LogP contribution in [0, 0.1) is 0 Å². The van der Waals surface area contributed by atoms with Crippen LogP contribution in [0.25, 0.3) is 0 Å². The predicted octanol–water partition coefficient (Wildman–Crippen LogP) is 12.1. The normalized spacial score (nSPS) is 10.4. The molecule has 0 heterocycles. The Labute approximate surface area is 437 Å². The molecule has 0 aromatic carbocycles. The van der Waals surface area contributed by atoms with Crippen LogP contribution < -0.4 is 15.3 Å². The van der Waals surface area contributed by atoms with Crippen LogP contribution in [0.2, 0.25) is 0 Å². The third-order valence-corrected chi connectivity index (χ3v) is 12.0. The molecule has 0 aliphatic heterocycles. The van der Waals surface area contributed by atoms with Crippen LogP contribution >= 0.6 is 7.82 Å². The molecule has 0 aliphatic rings. The molecule has 14 heteroatoms. The summed E-state index contributed by atoms with van der Waals surface area (Å²) in [5.41, 5.74) is 0. The number of phosphoric acid groups is 1. The Bertz CT molecular complexity index is 881. The van der Waals surface area contributed by atoms with Gasteiger partial charge in [-0.25, -0.2) is 4.57 Å². The maximum atomic E-state index is 10.2. The molecule has 0 bridgehead atoms. The number of carbonyl (C=O) groups excluding carboxylic acids is 3. The third kappa shape index (κ3) is 107. The Morgan fingerprint density at radius 2 is 0.382 bits per heavy atom. The summed E-state index contributed by atoms with van der Waals surface area (Å²) in [6, 6.07) is 0. The maximum absolute atomic E-state index is 10.2. The number of carboxylic acids is 3. The van der Waals surface area contributed by atoms with Crippen molar-refractivity contribution in [3.8, 4) is 0 Å². The van der Waals surface area contributed by atoms with Gasteiger partial charge in [0.25, 0.3) is 0 Å². The van der Waals surface area contributed by atoms with E-state index in [1.54, 1.807) is 0 Å². The molecule has 0 radical (unpaired) electrons.